The van der Waals surface area contributed by atoms with Crippen LogP contribution < -0.4 is 20.9 Å². The minimum Gasteiger partial charge on any atom is -0.480 e. The lowest BCUT2D eigenvalue weighted by Gasteiger charge is -2.25. The molecular weight excluding hydrogens is 435 g/mol. The van der Waals surface area contributed by atoms with Crippen LogP contribution >= 0.6 is 11.6 Å². The maximum atomic E-state index is 14.7. The second-order valence-corrected chi connectivity index (χ2v) is 8.18. The van der Waals surface area contributed by atoms with Crippen LogP contribution in [-0.2, 0) is 7.05 Å². The Morgan fingerprint density at radius 1 is 1.35 bits per heavy atom. The summed E-state index contributed by atoms with van der Waals surface area (Å²) >= 11 is 6.02. The molecule has 2 aromatic heterocycles. The third-order valence-corrected chi connectivity index (χ3v) is 5.86. The van der Waals surface area contributed by atoms with E-state index < -0.39 is 30.2 Å². The van der Waals surface area contributed by atoms with E-state index in [1.165, 1.54) is 4.57 Å². The highest BCUT2D eigenvalue weighted by Crippen LogP contribution is 2.45. The van der Waals surface area contributed by atoms with Gasteiger partial charge in [0.2, 0.25) is 5.75 Å². The lowest BCUT2D eigenvalue weighted by molar-refractivity contribution is -0.0579. The van der Waals surface area contributed by atoms with Gasteiger partial charge in [-0.3, -0.25) is 4.79 Å². The van der Waals surface area contributed by atoms with Crippen LogP contribution in [-0.4, -0.2) is 33.1 Å². The highest BCUT2D eigenvalue weighted by molar-refractivity contribution is 6.32. The second kappa shape index (κ2) is 7.01. The summed E-state index contributed by atoms with van der Waals surface area (Å²) in [5.41, 5.74) is 0.693. The molecule has 1 unspecified atom stereocenters. The number of alkyl halides is 2. The Hall–Kier alpha value is -3.01. The minimum absolute atomic E-state index is 0.0519. The van der Waals surface area contributed by atoms with Crippen molar-refractivity contribution in [2.75, 3.05) is 17.2 Å². The fourth-order valence-electron chi connectivity index (χ4n) is 3.86. The van der Waals surface area contributed by atoms with Gasteiger partial charge in [-0.05, 0) is 37.0 Å². The van der Waals surface area contributed by atoms with E-state index in [9.17, 15) is 18.0 Å². The Labute approximate surface area is 179 Å². The zero-order valence-electron chi connectivity index (χ0n) is 16.3. The number of ether oxygens (including phenoxy) is 1. The molecular formula is C20H17ClF3N5O2. The molecule has 11 heteroatoms. The van der Waals surface area contributed by atoms with Gasteiger partial charge in [0.05, 0.1) is 23.4 Å². The van der Waals surface area contributed by atoms with E-state index in [0.717, 1.165) is 6.20 Å². The van der Waals surface area contributed by atoms with E-state index >= 15 is 0 Å². The van der Waals surface area contributed by atoms with Crippen molar-refractivity contribution in [1.82, 2.24) is 14.5 Å². The number of benzene rings is 1. The fraction of sp³-hybridized carbons (Fsp3) is 0.350. The van der Waals surface area contributed by atoms with Gasteiger partial charge in [-0.15, -0.1) is 0 Å². The number of pyridine rings is 1. The number of aryl methyl sites for hydroxylation is 1. The van der Waals surface area contributed by atoms with Crippen LogP contribution in [0, 0.1) is 12.0 Å². The van der Waals surface area contributed by atoms with Crippen molar-refractivity contribution in [3.8, 4) is 5.75 Å². The average Bonchev–Trinajstić information content (AvgIpc) is 3.56. The van der Waals surface area contributed by atoms with E-state index in [1.807, 2.05) is 0 Å². The summed E-state index contributed by atoms with van der Waals surface area (Å²) < 4.78 is 49.5. The molecule has 0 saturated heterocycles. The molecule has 2 N–H and O–H groups in total. The Morgan fingerprint density at radius 3 is 2.87 bits per heavy atom. The van der Waals surface area contributed by atoms with Crippen LogP contribution in [0.1, 0.15) is 12.8 Å². The highest BCUT2D eigenvalue weighted by Gasteiger charge is 2.51. The molecule has 1 aliphatic carbocycles. The van der Waals surface area contributed by atoms with Gasteiger partial charge in [0.1, 0.15) is 5.02 Å². The first-order valence-electron chi connectivity index (χ1n) is 9.63. The predicted octanol–water partition coefficient (Wildman–Crippen LogP) is 4.08. The number of nitrogens with one attached hydrogen (secondary N) is 2. The maximum absolute atomic E-state index is 14.7. The van der Waals surface area contributed by atoms with Crippen LogP contribution in [0.4, 0.5) is 30.4 Å². The molecule has 0 amide bonds. The van der Waals surface area contributed by atoms with Crippen molar-refractivity contribution in [3.05, 3.63) is 45.9 Å². The molecule has 1 aromatic carbocycles. The quantitative estimate of drug-likeness (QED) is 0.584. The summed E-state index contributed by atoms with van der Waals surface area (Å²) in [4.78, 5) is 19.8. The Bertz CT molecular complexity index is 1260. The molecule has 0 spiro atoms. The van der Waals surface area contributed by atoms with Gasteiger partial charge in [0.15, 0.2) is 12.4 Å². The molecule has 1 atom stereocenters. The van der Waals surface area contributed by atoms with Gasteiger partial charge in [-0.25, -0.2) is 13.8 Å². The van der Waals surface area contributed by atoms with Crippen LogP contribution in [0.3, 0.4) is 0 Å². The highest BCUT2D eigenvalue weighted by atomic mass is 35.5. The lowest BCUT2D eigenvalue weighted by Crippen LogP contribution is -2.44. The van der Waals surface area contributed by atoms with Gasteiger partial charge in [0.25, 0.3) is 5.56 Å². The van der Waals surface area contributed by atoms with E-state index in [1.54, 1.807) is 25.2 Å². The number of fused-ring (bicyclic) bond motifs is 3. The lowest BCUT2D eigenvalue weighted by atomic mass is 10.0. The van der Waals surface area contributed by atoms with Crippen molar-refractivity contribution in [2.45, 2.75) is 24.8 Å². The topological polar surface area (TPSA) is 81.1 Å². The first kappa shape index (κ1) is 19.9. The zero-order chi connectivity index (χ0) is 21.9. The van der Waals surface area contributed by atoms with E-state index in [4.69, 9.17) is 16.3 Å². The number of anilines is 3. The fourth-order valence-corrected chi connectivity index (χ4v) is 3.99. The SMILES string of the molecule is Cn1c(=O)c2c(c3cc(Nc4nc(F)ncc4Cl)ccc31)NC(C1CC1)C(F)(F)CO2. The van der Waals surface area contributed by atoms with E-state index in [2.05, 4.69) is 20.6 Å². The van der Waals surface area contributed by atoms with Crippen molar-refractivity contribution < 1.29 is 17.9 Å². The Morgan fingerprint density at radius 2 is 2.13 bits per heavy atom. The number of nitrogens with zero attached hydrogens (tertiary/aromatic N) is 3. The smallest absolute Gasteiger partial charge is 0.310 e. The molecule has 1 fully saturated rings. The summed E-state index contributed by atoms with van der Waals surface area (Å²) in [7, 11) is 1.54. The molecule has 7 nitrogen and oxygen atoms in total. The molecule has 162 valence electrons. The van der Waals surface area contributed by atoms with Crippen molar-refractivity contribution in [1.29, 1.82) is 0 Å². The van der Waals surface area contributed by atoms with Gasteiger partial charge < -0.3 is 19.9 Å². The molecule has 0 bridgehead atoms. The van der Waals surface area contributed by atoms with Crippen LogP contribution in [0.25, 0.3) is 10.9 Å². The summed E-state index contributed by atoms with van der Waals surface area (Å²) in [6, 6.07) is 3.82. The standard InChI is InChI=1S/C20H17ClF3N5O2/c1-29-13-5-4-10(26-17-12(21)7-25-19(22)28-17)6-11(13)14-15(18(29)30)31-8-20(23,24)16(27-14)9-2-3-9/h4-7,9,16,27H,2-3,8H2,1H3,(H,25,26,28). The molecule has 0 radical (unpaired) electrons. The predicted molar refractivity (Wildman–Crippen MR) is 110 cm³/mol. The first-order chi connectivity index (χ1) is 14.7. The summed E-state index contributed by atoms with van der Waals surface area (Å²) in [5, 5.41) is 6.41. The molecule has 5 rings (SSSR count). The number of rotatable bonds is 3. The molecule has 2 aliphatic rings. The Balaban J connectivity index is 1.65. The van der Waals surface area contributed by atoms with Crippen molar-refractivity contribution in [2.24, 2.45) is 13.0 Å². The monoisotopic (exact) mass is 451 g/mol. The van der Waals surface area contributed by atoms with Gasteiger partial charge >= 0.3 is 12.0 Å². The number of hydrogen-bond acceptors (Lipinski definition) is 6. The molecule has 3 heterocycles. The van der Waals surface area contributed by atoms with Crippen LogP contribution in [0.15, 0.2) is 29.2 Å². The van der Waals surface area contributed by atoms with Gasteiger partial charge in [0, 0.05) is 18.1 Å². The Kier molecular flexibility index (Phi) is 4.51. The van der Waals surface area contributed by atoms with Crippen molar-refractivity contribution >= 4 is 39.7 Å². The van der Waals surface area contributed by atoms with Crippen molar-refractivity contribution in [3.63, 3.8) is 0 Å². The largest absolute Gasteiger partial charge is 0.480 e. The number of halogens is 4. The molecule has 31 heavy (non-hydrogen) atoms. The normalized spacial score (nSPS) is 19.8. The number of hydrogen-bond donors (Lipinski definition) is 2. The van der Waals surface area contributed by atoms with E-state index in [-0.39, 0.29) is 28.2 Å². The summed E-state index contributed by atoms with van der Waals surface area (Å²) in [5.74, 6) is -3.41. The molecule has 1 aliphatic heterocycles. The number of aromatic nitrogens is 3. The average molecular weight is 452 g/mol. The molecule has 1 saturated carbocycles. The molecule has 3 aromatic rings. The summed E-state index contributed by atoms with van der Waals surface area (Å²) in [6.45, 7) is -0.872. The second-order valence-electron chi connectivity index (χ2n) is 7.77. The first-order valence-corrected chi connectivity index (χ1v) is 10.0. The summed E-state index contributed by atoms with van der Waals surface area (Å²) in [6.07, 6.45) is 1.56. The minimum atomic E-state index is -3.13. The van der Waals surface area contributed by atoms with Gasteiger partial charge in [-0.2, -0.15) is 9.37 Å². The maximum Gasteiger partial charge on any atom is 0.310 e. The van der Waals surface area contributed by atoms with E-state index in [0.29, 0.717) is 29.4 Å². The third-order valence-electron chi connectivity index (χ3n) is 5.59. The van der Waals surface area contributed by atoms with Gasteiger partial charge in [-0.1, -0.05) is 11.6 Å². The van der Waals surface area contributed by atoms with Crippen LogP contribution in [0.5, 0.6) is 5.75 Å². The zero-order valence-corrected chi connectivity index (χ0v) is 17.0. The third kappa shape index (κ3) is 3.44. The van der Waals surface area contributed by atoms with Crippen LogP contribution in [0.2, 0.25) is 5.02 Å².